The third-order valence-electron chi connectivity index (χ3n) is 2.88. The van der Waals surface area contributed by atoms with Crippen LogP contribution >= 0.6 is 0 Å². The molecule has 1 aromatic carbocycles. The van der Waals surface area contributed by atoms with Crippen molar-refractivity contribution in [3.8, 4) is 5.75 Å². The summed E-state index contributed by atoms with van der Waals surface area (Å²) in [5, 5.41) is 3.34. The maximum atomic E-state index is 6.05. The fourth-order valence-corrected chi connectivity index (χ4v) is 2.11. The summed E-state index contributed by atoms with van der Waals surface area (Å²) in [5.41, 5.74) is 15.7. The molecule has 4 heteroatoms. The summed E-state index contributed by atoms with van der Waals surface area (Å²) in [4.78, 5) is 0. The van der Waals surface area contributed by atoms with Gasteiger partial charge in [-0.15, -0.1) is 0 Å². The largest absolute Gasteiger partial charge is 0.492 e. The molecule has 0 radical (unpaired) electrons. The average Bonchev–Trinajstić information content (AvgIpc) is 2.43. The SMILES string of the molecule is COc1c(N)cc2c(c1N)CCNCC2. The van der Waals surface area contributed by atoms with E-state index >= 15 is 0 Å². The number of benzene rings is 1. The number of hydrogen-bond donors (Lipinski definition) is 3. The first-order chi connectivity index (χ1) is 7.24. The van der Waals surface area contributed by atoms with Crippen LogP contribution in [-0.4, -0.2) is 20.2 Å². The Bertz CT molecular complexity index is 377. The summed E-state index contributed by atoms with van der Waals surface area (Å²) in [6, 6.07) is 1.98. The summed E-state index contributed by atoms with van der Waals surface area (Å²) in [7, 11) is 1.60. The van der Waals surface area contributed by atoms with E-state index in [-0.39, 0.29) is 0 Å². The average molecular weight is 207 g/mol. The van der Waals surface area contributed by atoms with Crippen molar-refractivity contribution in [3.63, 3.8) is 0 Å². The molecule has 0 amide bonds. The zero-order valence-corrected chi connectivity index (χ0v) is 8.97. The van der Waals surface area contributed by atoms with Crippen molar-refractivity contribution in [2.45, 2.75) is 12.8 Å². The van der Waals surface area contributed by atoms with Crippen LogP contribution in [-0.2, 0) is 12.8 Å². The van der Waals surface area contributed by atoms with Gasteiger partial charge >= 0.3 is 0 Å². The van der Waals surface area contributed by atoms with Crippen LogP contribution in [0.3, 0.4) is 0 Å². The normalized spacial score (nSPS) is 15.5. The van der Waals surface area contributed by atoms with Gasteiger partial charge in [-0.2, -0.15) is 0 Å². The predicted octanol–water partition coefficient (Wildman–Crippen LogP) is 0.548. The van der Waals surface area contributed by atoms with E-state index in [1.807, 2.05) is 6.07 Å². The Morgan fingerprint density at radius 2 is 2.00 bits per heavy atom. The second-order valence-corrected chi connectivity index (χ2v) is 3.80. The number of nitrogens with two attached hydrogens (primary N) is 2. The Hall–Kier alpha value is -1.42. The van der Waals surface area contributed by atoms with E-state index in [0.29, 0.717) is 17.1 Å². The molecule has 4 nitrogen and oxygen atoms in total. The quantitative estimate of drug-likeness (QED) is 0.588. The lowest BCUT2D eigenvalue weighted by molar-refractivity contribution is 0.418. The topological polar surface area (TPSA) is 73.3 Å². The third kappa shape index (κ3) is 1.72. The minimum atomic E-state index is 0.621. The highest BCUT2D eigenvalue weighted by molar-refractivity contribution is 5.73. The predicted molar refractivity (Wildman–Crippen MR) is 62.1 cm³/mol. The third-order valence-corrected chi connectivity index (χ3v) is 2.88. The lowest BCUT2D eigenvalue weighted by Crippen LogP contribution is -2.16. The van der Waals surface area contributed by atoms with Crippen LogP contribution in [0.5, 0.6) is 5.75 Å². The molecule has 0 unspecified atom stereocenters. The fraction of sp³-hybridized carbons (Fsp3) is 0.455. The minimum absolute atomic E-state index is 0.621. The Labute approximate surface area is 89.6 Å². The molecule has 1 aromatic rings. The Morgan fingerprint density at radius 1 is 1.27 bits per heavy atom. The molecule has 0 saturated carbocycles. The lowest BCUT2D eigenvalue weighted by atomic mass is 9.99. The van der Waals surface area contributed by atoms with Crippen molar-refractivity contribution in [1.82, 2.24) is 5.32 Å². The number of nitrogen functional groups attached to an aromatic ring is 2. The van der Waals surface area contributed by atoms with Gasteiger partial charge in [-0.3, -0.25) is 0 Å². The summed E-state index contributed by atoms with van der Waals surface area (Å²) < 4.78 is 5.21. The molecule has 1 aliphatic rings. The van der Waals surface area contributed by atoms with E-state index in [4.69, 9.17) is 16.2 Å². The van der Waals surface area contributed by atoms with Gasteiger partial charge in [-0.05, 0) is 43.1 Å². The second-order valence-electron chi connectivity index (χ2n) is 3.80. The van der Waals surface area contributed by atoms with Crippen LogP contribution in [0.15, 0.2) is 6.07 Å². The standard InChI is InChI=1S/C11H17N3O/c1-15-11-9(12)6-7-2-4-14-5-3-8(7)10(11)13/h6,14H,2-5,12-13H2,1H3. The minimum Gasteiger partial charge on any atom is -0.492 e. The molecule has 1 aliphatic heterocycles. The van der Waals surface area contributed by atoms with Gasteiger partial charge in [-0.1, -0.05) is 0 Å². The molecule has 0 bridgehead atoms. The molecular weight excluding hydrogens is 190 g/mol. The van der Waals surface area contributed by atoms with E-state index in [1.165, 1.54) is 11.1 Å². The van der Waals surface area contributed by atoms with E-state index < -0.39 is 0 Å². The number of nitrogens with one attached hydrogen (secondary N) is 1. The highest BCUT2D eigenvalue weighted by atomic mass is 16.5. The van der Waals surface area contributed by atoms with Gasteiger partial charge in [0.2, 0.25) is 0 Å². The molecule has 0 saturated heterocycles. The fourth-order valence-electron chi connectivity index (χ4n) is 2.11. The molecule has 0 atom stereocenters. The second kappa shape index (κ2) is 3.98. The Morgan fingerprint density at radius 3 is 2.73 bits per heavy atom. The maximum Gasteiger partial charge on any atom is 0.164 e. The molecule has 0 spiro atoms. The molecule has 5 N–H and O–H groups in total. The van der Waals surface area contributed by atoms with Crippen molar-refractivity contribution in [2.24, 2.45) is 0 Å². The molecule has 15 heavy (non-hydrogen) atoms. The zero-order valence-electron chi connectivity index (χ0n) is 8.97. The maximum absolute atomic E-state index is 6.05. The van der Waals surface area contributed by atoms with E-state index in [0.717, 1.165) is 25.9 Å². The van der Waals surface area contributed by atoms with Gasteiger partial charge in [0, 0.05) is 0 Å². The molecule has 0 fully saturated rings. The molecular formula is C11H17N3O. The number of rotatable bonds is 1. The molecule has 82 valence electrons. The number of methoxy groups -OCH3 is 1. The molecule has 0 aromatic heterocycles. The van der Waals surface area contributed by atoms with Gasteiger partial charge in [0.05, 0.1) is 18.5 Å². The van der Waals surface area contributed by atoms with Crippen LogP contribution < -0.4 is 21.5 Å². The van der Waals surface area contributed by atoms with Crippen LogP contribution in [0, 0.1) is 0 Å². The highest BCUT2D eigenvalue weighted by Crippen LogP contribution is 2.35. The summed E-state index contributed by atoms with van der Waals surface area (Å²) >= 11 is 0. The van der Waals surface area contributed by atoms with Crippen molar-refractivity contribution >= 4 is 11.4 Å². The first-order valence-corrected chi connectivity index (χ1v) is 5.18. The van der Waals surface area contributed by atoms with Gasteiger partial charge in [-0.25, -0.2) is 0 Å². The molecule has 1 heterocycles. The number of fused-ring (bicyclic) bond motifs is 1. The number of ether oxygens (including phenoxy) is 1. The summed E-state index contributed by atoms with van der Waals surface area (Å²) in [5.74, 6) is 0.621. The van der Waals surface area contributed by atoms with Crippen LogP contribution in [0.25, 0.3) is 0 Å². The number of hydrogen-bond acceptors (Lipinski definition) is 4. The number of anilines is 2. The van der Waals surface area contributed by atoms with Crippen LogP contribution in [0.2, 0.25) is 0 Å². The van der Waals surface area contributed by atoms with Crippen LogP contribution in [0.4, 0.5) is 11.4 Å². The van der Waals surface area contributed by atoms with Crippen LogP contribution in [0.1, 0.15) is 11.1 Å². The lowest BCUT2D eigenvalue weighted by Gasteiger charge is -2.15. The van der Waals surface area contributed by atoms with Crippen molar-refractivity contribution in [2.75, 3.05) is 31.7 Å². The Balaban J connectivity index is 2.53. The molecule has 0 aliphatic carbocycles. The van der Waals surface area contributed by atoms with Gasteiger partial charge in [0.1, 0.15) is 0 Å². The van der Waals surface area contributed by atoms with Crippen molar-refractivity contribution in [1.29, 1.82) is 0 Å². The first-order valence-electron chi connectivity index (χ1n) is 5.18. The van der Waals surface area contributed by atoms with Crippen molar-refractivity contribution in [3.05, 3.63) is 17.2 Å². The van der Waals surface area contributed by atoms with E-state index in [1.54, 1.807) is 7.11 Å². The van der Waals surface area contributed by atoms with Gasteiger partial charge in [0.25, 0.3) is 0 Å². The zero-order chi connectivity index (χ0) is 10.8. The Kier molecular flexibility index (Phi) is 2.68. The summed E-state index contributed by atoms with van der Waals surface area (Å²) in [6.45, 7) is 1.95. The first kappa shape index (κ1) is 10.1. The molecule has 2 rings (SSSR count). The van der Waals surface area contributed by atoms with Gasteiger partial charge in [0.15, 0.2) is 5.75 Å². The van der Waals surface area contributed by atoms with Gasteiger partial charge < -0.3 is 21.5 Å². The smallest absolute Gasteiger partial charge is 0.164 e. The monoisotopic (exact) mass is 207 g/mol. The highest BCUT2D eigenvalue weighted by Gasteiger charge is 2.16. The van der Waals surface area contributed by atoms with Crippen molar-refractivity contribution < 1.29 is 4.74 Å². The van der Waals surface area contributed by atoms with E-state index in [2.05, 4.69) is 5.32 Å². The summed E-state index contributed by atoms with van der Waals surface area (Å²) in [6.07, 6.45) is 1.92. The van der Waals surface area contributed by atoms with E-state index in [9.17, 15) is 0 Å².